The van der Waals surface area contributed by atoms with Gasteiger partial charge in [-0.3, -0.25) is 9.59 Å². The number of amides is 1. The lowest BCUT2D eigenvalue weighted by Crippen LogP contribution is -2.40. The molecule has 1 aliphatic rings. The molecule has 1 amide bonds. The Labute approximate surface area is 140 Å². The zero-order valence-corrected chi connectivity index (χ0v) is 13.6. The molecule has 2 aromatic carbocycles. The summed E-state index contributed by atoms with van der Waals surface area (Å²) in [5, 5.41) is 2.80. The second-order valence-corrected chi connectivity index (χ2v) is 6.06. The van der Waals surface area contributed by atoms with Crippen LogP contribution in [0.2, 0.25) is 0 Å². The number of benzene rings is 2. The Balaban J connectivity index is 1.92. The lowest BCUT2D eigenvalue weighted by molar-refractivity contribution is -0.125. The summed E-state index contributed by atoms with van der Waals surface area (Å²) in [7, 11) is 0. The number of ether oxygens (including phenoxy) is 2. The summed E-state index contributed by atoms with van der Waals surface area (Å²) < 4.78 is 11.7. The van der Waals surface area contributed by atoms with Crippen LogP contribution in [0, 0.1) is 5.92 Å². The van der Waals surface area contributed by atoms with Gasteiger partial charge in [0.2, 0.25) is 0 Å². The van der Waals surface area contributed by atoms with E-state index in [0.717, 1.165) is 11.8 Å². The third kappa shape index (κ3) is 3.25. The van der Waals surface area contributed by atoms with E-state index in [2.05, 4.69) is 5.32 Å². The van der Waals surface area contributed by atoms with Gasteiger partial charge in [0.1, 0.15) is 12.9 Å². The number of fused-ring (bicyclic) bond motifs is 1. The van der Waals surface area contributed by atoms with E-state index in [9.17, 15) is 9.59 Å². The van der Waals surface area contributed by atoms with Crippen LogP contribution in [0.25, 0.3) is 0 Å². The molecule has 1 unspecified atom stereocenters. The van der Waals surface area contributed by atoms with Crippen molar-refractivity contribution in [2.75, 3.05) is 5.32 Å². The van der Waals surface area contributed by atoms with Gasteiger partial charge in [0.25, 0.3) is 5.91 Å². The molecule has 1 heterocycles. The highest BCUT2D eigenvalue weighted by Crippen LogP contribution is 2.41. The number of nitrogens with one attached hydrogen (secondary N) is 1. The maximum atomic E-state index is 12.1. The molecule has 1 atom stereocenters. The smallest absolute Gasteiger partial charge is 0.265 e. The summed E-state index contributed by atoms with van der Waals surface area (Å²) in [5.41, 5.74) is 1.89. The first-order chi connectivity index (χ1) is 11.6. The zero-order chi connectivity index (χ0) is 17.1. The molecule has 0 saturated heterocycles. The predicted molar refractivity (Wildman–Crippen MR) is 90.5 cm³/mol. The lowest BCUT2D eigenvalue weighted by atomic mass is 10.0. The molecule has 124 valence electrons. The molecule has 0 saturated carbocycles. The van der Waals surface area contributed by atoms with Crippen LogP contribution >= 0.6 is 0 Å². The summed E-state index contributed by atoms with van der Waals surface area (Å²) in [6, 6.07) is 12.9. The standard InChI is InChI=1S/C19H19NO4/c1-12(2)17-19(22)20-15-8-14(10-21)9-16(18(15)24-17)23-11-13-6-4-3-5-7-13/h3-10,12,17H,11H2,1-2H3,(H,20,22). The molecule has 0 bridgehead atoms. The van der Waals surface area contributed by atoms with Gasteiger partial charge in [-0.15, -0.1) is 0 Å². The molecular formula is C19H19NO4. The molecule has 5 nitrogen and oxygen atoms in total. The van der Waals surface area contributed by atoms with Crippen molar-refractivity contribution < 1.29 is 19.1 Å². The second kappa shape index (κ2) is 6.74. The fourth-order valence-electron chi connectivity index (χ4n) is 2.57. The van der Waals surface area contributed by atoms with Crippen molar-refractivity contribution in [1.82, 2.24) is 0 Å². The summed E-state index contributed by atoms with van der Waals surface area (Å²) >= 11 is 0. The number of hydrogen-bond donors (Lipinski definition) is 1. The summed E-state index contributed by atoms with van der Waals surface area (Å²) in [5.74, 6) is 0.722. The zero-order valence-electron chi connectivity index (χ0n) is 13.6. The van der Waals surface area contributed by atoms with E-state index in [1.165, 1.54) is 0 Å². The fourth-order valence-corrected chi connectivity index (χ4v) is 2.57. The van der Waals surface area contributed by atoms with Crippen molar-refractivity contribution in [2.45, 2.75) is 26.6 Å². The number of rotatable bonds is 5. The quantitative estimate of drug-likeness (QED) is 0.855. The summed E-state index contributed by atoms with van der Waals surface area (Å²) in [6.07, 6.45) is 0.134. The van der Waals surface area contributed by atoms with E-state index in [1.807, 2.05) is 44.2 Å². The van der Waals surface area contributed by atoms with Crippen LogP contribution in [0.5, 0.6) is 11.5 Å². The van der Waals surface area contributed by atoms with Gasteiger partial charge in [-0.1, -0.05) is 44.2 Å². The molecule has 0 radical (unpaired) electrons. The number of carbonyl (C=O) groups is 2. The Hall–Kier alpha value is -2.82. The predicted octanol–water partition coefficient (Wildman–Crippen LogP) is 3.43. The number of anilines is 1. The van der Waals surface area contributed by atoms with Crippen molar-refractivity contribution in [3.63, 3.8) is 0 Å². The van der Waals surface area contributed by atoms with Crippen LogP contribution in [-0.2, 0) is 11.4 Å². The number of aldehydes is 1. The lowest BCUT2D eigenvalue weighted by Gasteiger charge is -2.29. The summed E-state index contributed by atoms with van der Waals surface area (Å²) in [6.45, 7) is 4.18. The molecule has 3 rings (SSSR count). The van der Waals surface area contributed by atoms with Gasteiger partial charge in [0.05, 0.1) is 5.69 Å². The van der Waals surface area contributed by atoms with E-state index in [0.29, 0.717) is 29.4 Å². The van der Waals surface area contributed by atoms with Gasteiger partial charge in [0.15, 0.2) is 17.6 Å². The van der Waals surface area contributed by atoms with Crippen molar-refractivity contribution in [1.29, 1.82) is 0 Å². The molecule has 1 aliphatic heterocycles. The van der Waals surface area contributed by atoms with E-state index in [1.54, 1.807) is 12.1 Å². The largest absolute Gasteiger partial charge is 0.485 e. The topological polar surface area (TPSA) is 64.6 Å². The molecular weight excluding hydrogens is 306 g/mol. The van der Waals surface area contributed by atoms with Crippen molar-refractivity contribution in [2.24, 2.45) is 5.92 Å². The monoisotopic (exact) mass is 325 g/mol. The average molecular weight is 325 g/mol. The molecule has 2 aromatic rings. The van der Waals surface area contributed by atoms with Crippen LogP contribution in [0.1, 0.15) is 29.8 Å². The van der Waals surface area contributed by atoms with Crippen molar-refractivity contribution in [3.8, 4) is 11.5 Å². The SMILES string of the molecule is CC(C)C1Oc2c(cc(C=O)cc2OCc2ccccc2)NC1=O. The molecule has 0 aliphatic carbocycles. The molecule has 0 spiro atoms. The molecule has 5 heteroatoms. The minimum Gasteiger partial charge on any atom is -0.485 e. The minimum atomic E-state index is -0.585. The van der Waals surface area contributed by atoms with Gasteiger partial charge in [-0.2, -0.15) is 0 Å². The molecule has 0 aromatic heterocycles. The second-order valence-electron chi connectivity index (χ2n) is 6.06. The Bertz CT molecular complexity index is 755. The van der Waals surface area contributed by atoms with E-state index in [-0.39, 0.29) is 11.8 Å². The molecule has 1 N–H and O–H groups in total. The van der Waals surface area contributed by atoms with Crippen LogP contribution in [-0.4, -0.2) is 18.3 Å². The highest BCUT2D eigenvalue weighted by Gasteiger charge is 2.32. The van der Waals surface area contributed by atoms with E-state index in [4.69, 9.17) is 9.47 Å². The van der Waals surface area contributed by atoms with Crippen LogP contribution in [0.15, 0.2) is 42.5 Å². The van der Waals surface area contributed by atoms with Crippen LogP contribution < -0.4 is 14.8 Å². The normalized spacial score (nSPS) is 16.1. The first-order valence-corrected chi connectivity index (χ1v) is 7.86. The average Bonchev–Trinajstić information content (AvgIpc) is 2.59. The highest BCUT2D eigenvalue weighted by molar-refractivity contribution is 5.99. The first-order valence-electron chi connectivity index (χ1n) is 7.86. The third-order valence-corrected chi connectivity index (χ3v) is 3.82. The van der Waals surface area contributed by atoms with Gasteiger partial charge in [0, 0.05) is 5.56 Å². The van der Waals surface area contributed by atoms with Gasteiger partial charge in [-0.25, -0.2) is 0 Å². The van der Waals surface area contributed by atoms with Gasteiger partial charge >= 0.3 is 0 Å². The van der Waals surface area contributed by atoms with E-state index >= 15 is 0 Å². The highest BCUT2D eigenvalue weighted by atomic mass is 16.5. The third-order valence-electron chi connectivity index (χ3n) is 3.82. The maximum absolute atomic E-state index is 12.1. The van der Waals surface area contributed by atoms with Crippen LogP contribution in [0.3, 0.4) is 0 Å². The number of carbonyl (C=O) groups excluding carboxylic acids is 2. The number of hydrogen-bond acceptors (Lipinski definition) is 4. The van der Waals surface area contributed by atoms with E-state index < -0.39 is 6.10 Å². The molecule has 24 heavy (non-hydrogen) atoms. The van der Waals surface area contributed by atoms with Gasteiger partial charge < -0.3 is 14.8 Å². The Morgan fingerprint density at radius 3 is 2.67 bits per heavy atom. The van der Waals surface area contributed by atoms with Crippen molar-refractivity contribution in [3.05, 3.63) is 53.6 Å². The fraction of sp³-hybridized carbons (Fsp3) is 0.263. The minimum absolute atomic E-state index is 0.0193. The Morgan fingerprint density at radius 1 is 1.25 bits per heavy atom. The maximum Gasteiger partial charge on any atom is 0.265 e. The van der Waals surface area contributed by atoms with Gasteiger partial charge in [-0.05, 0) is 23.6 Å². The van der Waals surface area contributed by atoms with Crippen LogP contribution in [0.4, 0.5) is 5.69 Å². The first kappa shape index (κ1) is 16.1. The van der Waals surface area contributed by atoms with Crippen molar-refractivity contribution >= 4 is 17.9 Å². The molecule has 0 fully saturated rings. The Morgan fingerprint density at radius 2 is 2.00 bits per heavy atom. The summed E-state index contributed by atoms with van der Waals surface area (Å²) in [4.78, 5) is 23.3. The Kier molecular flexibility index (Phi) is 4.51.